The van der Waals surface area contributed by atoms with Gasteiger partial charge in [0.2, 0.25) is 5.78 Å². The molecule has 21 heavy (non-hydrogen) atoms. The summed E-state index contributed by atoms with van der Waals surface area (Å²) in [7, 11) is 1.55. The van der Waals surface area contributed by atoms with Crippen LogP contribution in [0.1, 0.15) is 20.7 Å². The zero-order chi connectivity index (χ0) is 15.2. The van der Waals surface area contributed by atoms with E-state index in [1.54, 1.807) is 55.6 Å². The molecule has 0 spiro atoms. The van der Waals surface area contributed by atoms with Crippen molar-refractivity contribution in [3.63, 3.8) is 0 Å². The maximum atomic E-state index is 12.1. The molecule has 4 nitrogen and oxygen atoms in total. The summed E-state index contributed by atoms with van der Waals surface area (Å²) in [6.07, 6.45) is 1.15. The predicted molar refractivity (Wildman–Crippen MR) is 80.4 cm³/mol. The lowest BCUT2D eigenvalue weighted by atomic mass is 10.1. The minimum atomic E-state index is -0.387. The number of nitrogens with two attached hydrogens (primary N) is 1. The smallest absolute Gasteiger partial charge is 0.208 e. The summed E-state index contributed by atoms with van der Waals surface area (Å²) in [6, 6.07) is 15.2. The Kier molecular flexibility index (Phi) is 4.51. The molecule has 0 fully saturated rings. The molecule has 0 atom stereocenters. The van der Waals surface area contributed by atoms with Crippen LogP contribution in [0, 0.1) is 0 Å². The van der Waals surface area contributed by atoms with E-state index in [4.69, 9.17) is 10.5 Å². The topological polar surface area (TPSA) is 69.4 Å². The summed E-state index contributed by atoms with van der Waals surface area (Å²) < 4.78 is 5.02. The average molecular weight is 281 g/mol. The number of Topliss-reactive ketones (excluding diaryl/α,β-unsaturated/α-hetero) is 1. The normalized spacial score (nSPS) is 11.0. The molecule has 2 N–H and O–H groups in total. The van der Waals surface area contributed by atoms with Crippen molar-refractivity contribution in [3.8, 4) is 5.75 Å². The number of rotatable bonds is 5. The molecular weight excluding hydrogens is 266 g/mol. The fourth-order valence-electron chi connectivity index (χ4n) is 1.80. The Bertz CT molecular complexity index is 673. The van der Waals surface area contributed by atoms with Crippen LogP contribution in [0.25, 0.3) is 0 Å². The Hall–Kier alpha value is -2.88. The van der Waals surface area contributed by atoms with Crippen molar-refractivity contribution in [1.82, 2.24) is 0 Å². The quantitative estimate of drug-likeness (QED) is 0.675. The minimum absolute atomic E-state index is 0.0889. The molecule has 0 aromatic heterocycles. The van der Waals surface area contributed by atoms with Crippen molar-refractivity contribution in [1.29, 1.82) is 0 Å². The van der Waals surface area contributed by atoms with Crippen molar-refractivity contribution in [2.45, 2.75) is 0 Å². The van der Waals surface area contributed by atoms with E-state index >= 15 is 0 Å². The number of hydrogen-bond donors (Lipinski definition) is 1. The molecule has 0 aliphatic rings. The molecule has 4 heteroatoms. The van der Waals surface area contributed by atoms with Crippen LogP contribution in [0.5, 0.6) is 5.75 Å². The molecule has 0 amide bonds. The lowest BCUT2D eigenvalue weighted by Crippen LogP contribution is -2.13. The first-order valence-electron chi connectivity index (χ1n) is 6.37. The maximum absolute atomic E-state index is 12.1. The van der Waals surface area contributed by atoms with Crippen molar-refractivity contribution < 1.29 is 14.3 Å². The van der Waals surface area contributed by atoms with Crippen LogP contribution in [-0.2, 0) is 0 Å². The second kappa shape index (κ2) is 6.52. The molecule has 0 aliphatic carbocycles. The molecule has 0 bridgehead atoms. The standard InChI is InChI=1S/C17H15NO3/c1-21-14-9-7-13(8-10-14)17(20)15(18)11-16(19)12-5-3-2-4-6-12/h2-11H,18H2,1H3. The molecule has 0 saturated heterocycles. The van der Waals surface area contributed by atoms with Gasteiger partial charge >= 0.3 is 0 Å². The van der Waals surface area contributed by atoms with Gasteiger partial charge in [-0.25, -0.2) is 0 Å². The third kappa shape index (κ3) is 3.57. The van der Waals surface area contributed by atoms with E-state index < -0.39 is 0 Å². The van der Waals surface area contributed by atoms with Gasteiger partial charge < -0.3 is 10.5 Å². The zero-order valence-corrected chi connectivity index (χ0v) is 11.6. The Morgan fingerprint density at radius 3 is 2.14 bits per heavy atom. The molecule has 0 saturated carbocycles. The van der Waals surface area contributed by atoms with Crippen molar-refractivity contribution >= 4 is 11.6 Å². The van der Waals surface area contributed by atoms with E-state index in [1.165, 1.54) is 0 Å². The number of ether oxygens (including phenoxy) is 1. The fraction of sp³-hybridized carbons (Fsp3) is 0.0588. The van der Waals surface area contributed by atoms with Crippen molar-refractivity contribution in [3.05, 3.63) is 77.5 Å². The van der Waals surface area contributed by atoms with Gasteiger partial charge in [-0.3, -0.25) is 9.59 Å². The molecule has 106 valence electrons. The largest absolute Gasteiger partial charge is 0.497 e. The number of allylic oxidation sites excluding steroid dienone is 2. The summed E-state index contributed by atoms with van der Waals surface area (Å²) in [6.45, 7) is 0. The number of carbonyl (C=O) groups excluding carboxylic acids is 2. The third-order valence-corrected chi connectivity index (χ3v) is 2.96. The lowest BCUT2D eigenvalue weighted by Gasteiger charge is -2.03. The lowest BCUT2D eigenvalue weighted by molar-refractivity contribution is 0.101. The van der Waals surface area contributed by atoms with Crippen LogP contribution in [0.4, 0.5) is 0 Å². The van der Waals surface area contributed by atoms with E-state index in [9.17, 15) is 9.59 Å². The number of ketones is 2. The molecule has 0 aliphatic heterocycles. The van der Waals surface area contributed by atoms with E-state index in [0.29, 0.717) is 16.9 Å². The second-order valence-corrected chi connectivity index (χ2v) is 4.39. The van der Waals surface area contributed by atoms with Crippen LogP contribution >= 0.6 is 0 Å². The summed E-state index contributed by atoms with van der Waals surface area (Å²) in [5, 5.41) is 0. The molecule has 2 rings (SSSR count). The Balaban J connectivity index is 2.18. The van der Waals surface area contributed by atoms with Gasteiger partial charge in [0.15, 0.2) is 5.78 Å². The monoisotopic (exact) mass is 281 g/mol. The van der Waals surface area contributed by atoms with Crippen molar-refractivity contribution in [2.24, 2.45) is 5.73 Å². The number of carbonyl (C=O) groups is 2. The Labute approximate surface area is 122 Å². The van der Waals surface area contributed by atoms with E-state index in [-0.39, 0.29) is 17.3 Å². The highest BCUT2D eigenvalue weighted by Gasteiger charge is 2.11. The predicted octanol–water partition coefficient (Wildman–Crippen LogP) is 2.60. The number of benzene rings is 2. The first-order valence-corrected chi connectivity index (χ1v) is 6.37. The summed E-state index contributed by atoms with van der Waals surface area (Å²) in [5.74, 6) is -0.0358. The fourth-order valence-corrected chi connectivity index (χ4v) is 1.80. The van der Waals surface area contributed by atoms with Gasteiger partial charge in [0.25, 0.3) is 0 Å². The zero-order valence-electron chi connectivity index (χ0n) is 11.6. The Morgan fingerprint density at radius 2 is 1.57 bits per heavy atom. The number of methoxy groups -OCH3 is 1. The van der Waals surface area contributed by atoms with Crippen LogP contribution in [0.2, 0.25) is 0 Å². The molecular formula is C17H15NO3. The van der Waals surface area contributed by atoms with E-state index in [0.717, 1.165) is 6.08 Å². The second-order valence-electron chi connectivity index (χ2n) is 4.39. The summed E-state index contributed by atoms with van der Waals surface area (Å²) in [4.78, 5) is 24.1. The highest BCUT2D eigenvalue weighted by molar-refractivity contribution is 6.14. The van der Waals surface area contributed by atoms with Gasteiger partial charge in [0.1, 0.15) is 5.75 Å². The molecule has 0 radical (unpaired) electrons. The molecule has 2 aromatic rings. The Morgan fingerprint density at radius 1 is 0.952 bits per heavy atom. The molecule has 0 unspecified atom stereocenters. The molecule has 2 aromatic carbocycles. The van der Waals surface area contributed by atoms with Gasteiger partial charge in [0.05, 0.1) is 12.8 Å². The van der Waals surface area contributed by atoms with Crippen molar-refractivity contribution in [2.75, 3.05) is 7.11 Å². The SMILES string of the molecule is COc1ccc(C(=O)C(N)=CC(=O)c2ccccc2)cc1. The van der Waals surface area contributed by atoms with E-state index in [2.05, 4.69) is 0 Å². The summed E-state index contributed by atoms with van der Waals surface area (Å²) in [5.41, 5.74) is 6.53. The minimum Gasteiger partial charge on any atom is -0.497 e. The average Bonchev–Trinajstić information content (AvgIpc) is 2.55. The first-order chi connectivity index (χ1) is 10.1. The van der Waals surface area contributed by atoms with Gasteiger partial charge in [-0.1, -0.05) is 30.3 Å². The van der Waals surface area contributed by atoms with E-state index in [1.807, 2.05) is 6.07 Å². The highest BCUT2D eigenvalue weighted by Crippen LogP contribution is 2.13. The highest BCUT2D eigenvalue weighted by atomic mass is 16.5. The van der Waals surface area contributed by atoms with Crippen LogP contribution < -0.4 is 10.5 Å². The van der Waals surface area contributed by atoms with Gasteiger partial charge in [-0.05, 0) is 24.3 Å². The number of hydrogen-bond acceptors (Lipinski definition) is 4. The van der Waals surface area contributed by atoms with Gasteiger partial charge in [-0.2, -0.15) is 0 Å². The summed E-state index contributed by atoms with van der Waals surface area (Å²) >= 11 is 0. The van der Waals surface area contributed by atoms with Gasteiger partial charge in [0, 0.05) is 17.2 Å². The molecule has 0 heterocycles. The maximum Gasteiger partial charge on any atom is 0.208 e. The van der Waals surface area contributed by atoms with Gasteiger partial charge in [-0.15, -0.1) is 0 Å². The van der Waals surface area contributed by atoms with Crippen LogP contribution in [0.15, 0.2) is 66.4 Å². The third-order valence-electron chi connectivity index (χ3n) is 2.96. The first kappa shape index (κ1) is 14.5. The van der Waals surface area contributed by atoms with Crippen LogP contribution in [0.3, 0.4) is 0 Å². The van der Waals surface area contributed by atoms with Crippen LogP contribution in [-0.4, -0.2) is 18.7 Å².